The number of aryl methyl sites for hydroxylation is 2. The van der Waals surface area contributed by atoms with E-state index in [1.54, 1.807) is 0 Å². The summed E-state index contributed by atoms with van der Waals surface area (Å²) in [6.45, 7) is 1.31. The lowest BCUT2D eigenvalue weighted by Crippen LogP contribution is -2.48. The van der Waals surface area contributed by atoms with Gasteiger partial charge >= 0.3 is 0 Å². The molecule has 2 fully saturated rings. The number of amides is 2. The fourth-order valence-corrected chi connectivity index (χ4v) is 4.62. The molecule has 0 spiro atoms. The summed E-state index contributed by atoms with van der Waals surface area (Å²) in [5.74, 6) is -0.135. The number of rotatable bonds is 4. The molecule has 26 heavy (non-hydrogen) atoms. The van der Waals surface area contributed by atoms with E-state index in [1.165, 1.54) is 30.4 Å². The van der Waals surface area contributed by atoms with Crippen LogP contribution in [0.2, 0.25) is 0 Å². The SMILES string of the molecule is O=C(Nc1ccc2c(c1)CCC2)[C@H]1CNC[C@@H](C(=O)NC2CCCC2)C1. The van der Waals surface area contributed by atoms with Crippen molar-refractivity contribution in [2.75, 3.05) is 18.4 Å². The molecule has 3 N–H and O–H groups in total. The molecule has 1 aliphatic heterocycles. The summed E-state index contributed by atoms with van der Waals surface area (Å²) in [5, 5.41) is 9.52. The van der Waals surface area contributed by atoms with E-state index in [4.69, 9.17) is 0 Å². The van der Waals surface area contributed by atoms with Crippen LogP contribution >= 0.6 is 0 Å². The first-order valence-corrected chi connectivity index (χ1v) is 10.1. The van der Waals surface area contributed by atoms with Crippen molar-refractivity contribution in [3.05, 3.63) is 29.3 Å². The predicted molar refractivity (Wildman–Crippen MR) is 102 cm³/mol. The Morgan fingerprint density at radius 2 is 1.65 bits per heavy atom. The monoisotopic (exact) mass is 355 g/mol. The van der Waals surface area contributed by atoms with Gasteiger partial charge in [-0.25, -0.2) is 0 Å². The Labute approximate surface area is 155 Å². The largest absolute Gasteiger partial charge is 0.353 e. The third kappa shape index (κ3) is 3.93. The van der Waals surface area contributed by atoms with E-state index in [-0.39, 0.29) is 23.7 Å². The van der Waals surface area contributed by atoms with Gasteiger partial charge in [-0.05, 0) is 61.8 Å². The van der Waals surface area contributed by atoms with Crippen molar-refractivity contribution in [2.45, 2.75) is 57.4 Å². The number of carbonyl (C=O) groups is 2. The lowest BCUT2D eigenvalue weighted by molar-refractivity contribution is -0.128. The van der Waals surface area contributed by atoms with E-state index in [0.29, 0.717) is 25.6 Å². The summed E-state index contributed by atoms with van der Waals surface area (Å²) in [4.78, 5) is 25.2. The van der Waals surface area contributed by atoms with Crippen LogP contribution < -0.4 is 16.0 Å². The van der Waals surface area contributed by atoms with Gasteiger partial charge in [-0.1, -0.05) is 18.9 Å². The third-order valence-electron chi connectivity index (χ3n) is 6.16. The Bertz CT molecular complexity index is 682. The first-order valence-electron chi connectivity index (χ1n) is 10.1. The quantitative estimate of drug-likeness (QED) is 0.777. The molecule has 0 bridgehead atoms. The van der Waals surface area contributed by atoms with Crippen molar-refractivity contribution in [3.63, 3.8) is 0 Å². The summed E-state index contributed by atoms with van der Waals surface area (Å²) >= 11 is 0. The van der Waals surface area contributed by atoms with Crippen LogP contribution in [0.3, 0.4) is 0 Å². The van der Waals surface area contributed by atoms with E-state index >= 15 is 0 Å². The van der Waals surface area contributed by atoms with E-state index in [9.17, 15) is 9.59 Å². The number of piperidine rings is 1. The minimum Gasteiger partial charge on any atom is -0.353 e. The summed E-state index contributed by atoms with van der Waals surface area (Å²) in [7, 11) is 0. The summed E-state index contributed by atoms with van der Waals surface area (Å²) in [6, 6.07) is 6.58. The molecular formula is C21H29N3O2. The maximum atomic E-state index is 12.7. The molecule has 1 saturated heterocycles. The van der Waals surface area contributed by atoms with E-state index in [1.807, 2.05) is 6.07 Å². The Kier molecular flexibility index (Phi) is 5.25. The van der Waals surface area contributed by atoms with Gasteiger partial charge in [-0.3, -0.25) is 9.59 Å². The van der Waals surface area contributed by atoms with Crippen molar-refractivity contribution in [1.82, 2.24) is 10.6 Å². The Balaban J connectivity index is 1.33. The van der Waals surface area contributed by atoms with Gasteiger partial charge in [0.1, 0.15) is 0 Å². The van der Waals surface area contributed by atoms with Crippen molar-refractivity contribution >= 4 is 17.5 Å². The molecule has 1 aromatic rings. The number of benzene rings is 1. The van der Waals surface area contributed by atoms with Crippen LogP contribution in [0.1, 0.15) is 49.7 Å². The van der Waals surface area contributed by atoms with Gasteiger partial charge in [0.05, 0.1) is 11.8 Å². The van der Waals surface area contributed by atoms with E-state index < -0.39 is 0 Å². The molecule has 2 atom stereocenters. The van der Waals surface area contributed by atoms with Gasteiger partial charge in [0.25, 0.3) is 0 Å². The zero-order chi connectivity index (χ0) is 17.9. The maximum absolute atomic E-state index is 12.7. The molecule has 2 amide bonds. The number of nitrogens with one attached hydrogen (secondary N) is 3. The minimum atomic E-state index is -0.156. The molecule has 1 saturated carbocycles. The van der Waals surface area contributed by atoms with Crippen molar-refractivity contribution in [2.24, 2.45) is 11.8 Å². The molecular weight excluding hydrogens is 326 g/mol. The molecule has 0 aromatic heterocycles. The molecule has 3 aliphatic rings. The summed E-state index contributed by atoms with van der Waals surface area (Å²) in [6.07, 6.45) is 8.68. The minimum absolute atomic E-state index is 0.0220. The van der Waals surface area contributed by atoms with E-state index in [2.05, 4.69) is 28.1 Å². The van der Waals surface area contributed by atoms with Crippen molar-refractivity contribution in [1.29, 1.82) is 0 Å². The Morgan fingerprint density at radius 3 is 2.46 bits per heavy atom. The molecule has 140 valence electrons. The zero-order valence-corrected chi connectivity index (χ0v) is 15.4. The average Bonchev–Trinajstić information content (AvgIpc) is 3.33. The summed E-state index contributed by atoms with van der Waals surface area (Å²) in [5.41, 5.74) is 3.65. The molecule has 5 heteroatoms. The van der Waals surface area contributed by atoms with Crippen molar-refractivity contribution in [3.8, 4) is 0 Å². The van der Waals surface area contributed by atoms with Gasteiger partial charge in [0, 0.05) is 24.8 Å². The van der Waals surface area contributed by atoms with Crippen LogP contribution in [0.4, 0.5) is 5.69 Å². The highest BCUT2D eigenvalue weighted by Gasteiger charge is 2.32. The lowest BCUT2D eigenvalue weighted by atomic mass is 9.89. The lowest BCUT2D eigenvalue weighted by Gasteiger charge is -2.29. The second-order valence-corrected chi connectivity index (χ2v) is 8.10. The number of fused-ring (bicyclic) bond motifs is 1. The van der Waals surface area contributed by atoms with Crippen LogP contribution in [0.5, 0.6) is 0 Å². The zero-order valence-electron chi connectivity index (χ0n) is 15.4. The predicted octanol–water partition coefficient (Wildman–Crippen LogP) is 2.40. The smallest absolute Gasteiger partial charge is 0.228 e. The molecule has 0 unspecified atom stereocenters. The molecule has 1 aromatic carbocycles. The van der Waals surface area contributed by atoms with Crippen LogP contribution in [0.25, 0.3) is 0 Å². The van der Waals surface area contributed by atoms with Crippen LogP contribution in [0.15, 0.2) is 18.2 Å². The number of anilines is 1. The first-order chi connectivity index (χ1) is 12.7. The third-order valence-corrected chi connectivity index (χ3v) is 6.16. The fourth-order valence-electron chi connectivity index (χ4n) is 4.62. The number of hydrogen-bond acceptors (Lipinski definition) is 3. The maximum Gasteiger partial charge on any atom is 0.228 e. The molecule has 1 heterocycles. The van der Waals surface area contributed by atoms with Crippen molar-refractivity contribution < 1.29 is 9.59 Å². The molecule has 4 rings (SSSR count). The normalized spacial score (nSPS) is 25.7. The topological polar surface area (TPSA) is 70.2 Å². The fraction of sp³-hybridized carbons (Fsp3) is 0.619. The van der Waals surface area contributed by atoms with E-state index in [0.717, 1.165) is 31.4 Å². The van der Waals surface area contributed by atoms with Gasteiger partial charge in [0.15, 0.2) is 0 Å². The average molecular weight is 355 g/mol. The summed E-state index contributed by atoms with van der Waals surface area (Å²) < 4.78 is 0. The van der Waals surface area contributed by atoms with Gasteiger partial charge < -0.3 is 16.0 Å². The van der Waals surface area contributed by atoms with Gasteiger partial charge in [-0.2, -0.15) is 0 Å². The highest BCUT2D eigenvalue weighted by molar-refractivity contribution is 5.93. The molecule has 0 radical (unpaired) electrons. The van der Waals surface area contributed by atoms with Crippen LogP contribution in [0, 0.1) is 11.8 Å². The number of hydrogen-bond donors (Lipinski definition) is 3. The highest BCUT2D eigenvalue weighted by atomic mass is 16.2. The van der Waals surface area contributed by atoms with Gasteiger partial charge in [0.2, 0.25) is 11.8 Å². The first kappa shape index (κ1) is 17.5. The molecule has 2 aliphatic carbocycles. The number of carbonyl (C=O) groups excluding carboxylic acids is 2. The molecule has 5 nitrogen and oxygen atoms in total. The van der Waals surface area contributed by atoms with Gasteiger partial charge in [-0.15, -0.1) is 0 Å². The standard InChI is InChI=1S/C21H29N3O2/c25-20(23-18-6-1-2-7-18)16-10-17(13-22-12-16)21(26)24-19-9-8-14-4-3-5-15(14)11-19/h8-9,11,16-18,22H,1-7,10,12-13H2,(H,23,25)(H,24,26)/t16-,17+/m0/s1. The second-order valence-electron chi connectivity index (χ2n) is 8.10. The second kappa shape index (κ2) is 7.78. The highest BCUT2D eigenvalue weighted by Crippen LogP contribution is 2.26. The van der Waals surface area contributed by atoms with Crippen LogP contribution in [-0.2, 0) is 22.4 Å². The van der Waals surface area contributed by atoms with Crippen LogP contribution in [-0.4, -0.2) is 30.9 Å². The Morgan fingerprint density at radius 1 is 0.923 bits per heavy atom. The Hall–Kier alpha value is -1.88.